The highest BCUT2D eigenvalue weighted by molar-refractivity contribution is 5.99. The van der Waals surface area contributed by atoms with E-state index in [0.717, 1.165) is 26.0 Å². The SMILES string of the molecule is C=CC1C=C(C)C=C(C)C1.CCN=C(C)C(Cc1ccccc1)=C(C)C.CCOC. The van der Waals surface area contributed by atoms with E-state index in [9.17, 15) is 0 Å². The third kappa shape index (κ3) is 12.4. The summed E-state index contributed by atoms with van der Waals surface area (Å²) in [6.07, 6.45) is 8.65. The summed E-state index contributed by atoms with van der Waals surface area (Å²) in [4.78, 5) is 4.50. The molecule has 2 rings (SSSR count). The van der Waals surface area contributed by atoms with Gasteiger partial charge in [-0.3, -0.25) is 4.99 Å². The molecular weight excluding hydrogens is 366 g/mol. The summed E-state index contributed by atoms with van der Waals surface area (Å²) in [6, 6.07) is 10.6. The van der Waals surface area contributed by atoms with Crippen LogP contribution < -0.4 is 0 Å². The lowest BCUT2D eigenvalue weighted by Crippen LogP contribution is -2.04. The maximum absolute atomic E-state index is 4.54. The summed E-state index contributed by atoms with van der Waals surface area (Å²) in [5, 5.41) is 0. The number of nitrogens with zero attached hydrogens (tertiary/aromatic N) is 1. The largest absolute Gasteiger partial charge is 0.385 e. The molecule has 0 bridgehead atoms. The zero-order valence-corrected chi connectivity index (χ0v) is 20.6. The van der Waals surface area contributed by atoms with Gasteiger partial charge in [-0.05, 0) is 78.4 Å². The Morgan fingerprint density at radius 2 is 1.73 bits per heavy atom. The van der Waals surface area contributed by atoms with Crippen LogP contribution in [0, 0.1) is 5.92 Å². The van der Waals surface area contributed by atoms with Crippen molar-refractivity contribution in [3.8, 4) is 0 Å². The first-order valence-corrected chi connectivity index (χ1v) is 11.0. The summed E-state index contributed by atoms with van der Waals surface area (Å²) < 4.78 is 4.54. The minimum atomic E-state index is 0.574. The van der Waals surface area contributed by atoms with Crippen molar-refractivity contribution in [2.75, 3.05) is 20.3 Å². The Labute approximate surface area is 186 Å². The third-order valence-corrected chi connectivity index (χ3v) is 4.76. The van der Waals surface area contributed by atoms with Gasteiger partial charge in [0.2, 0.25) is 0 Å². The Morgan fingerprint density at radius 1 is 1.13 bits per heavy atom. The first-order valence-electron chi connectivity index (χ1n) is 11.0. The fraction of sp³-hybridized carbons (Fsp3) is 0.464. The second-order valence-electron chi connectivity index (χ2n) is 7.78. The Morgan fingerprint density at radius 3 is 2.17 bits per heavy atom. The van der Waals surface area contributed by atoms with Crippen molar-refractivity contribution in [1.29, 1.82) is 0 Å². The van der Waals surface area contributed by atoms with Crippen molar-refractivity contribution >= 4 is 5.71 Å². The molecule has 0 radical (unpaired) electrons. The minimum Gasteiger partial charge on any atom is -0.385 e. The van der Waals surface area contributed by atoms with Gasteiger partial charge in [0.1, 0.15) is 0 Å². The molecule has 0 aromatic heterocycles. The van der Waals surface area contributed by atoms with Gasteiger partial charge >= 0.3 is 0 Å². The number of allylic oxidation sites excluding steroid dienone is 7. The molecule has 0 saturated carbocycles. The molecule has 0 saturated heterocycles. The molecule has 0 N–H and O–H groups in total. The molecule has 0 amide bonds. The van der Waals surface area contributed by atoms with E-state index in [1.54, 1.807) is 7.11 Å². The van der Waals surface area contributed by atoms with Crippen LogP contribution in [0.15, 0.2) is 82.4 Å². The van der Waals surface area contributed by atoms with Gasteiger partial charge in [-0.2, -0.15) is 0 Å². The van der Waals surface area contributed by atoms with E-state index in [0.29, 0.717) is 5.92 Å². The quantitative estimate of drug-likeness (QED) is 0.347. The number of aliphatic imine (C=N–C) groups is 1. The standard InChI is InChI=1S/C15H21N.C10H14.C3H8O/c1-5-16-13(4)15(12(2)3)11-14-9-7-6-8-10-14;1-4-10-6-8(2)5-9(3)7-10;1-3-4-2/h6-10H,5,11H2,1-4H3;4-6,10H,1,7H2,2-3H3;3H2,1-2H3. The van der Waals surface area contributed by atoms with E-state index in [2.05, 4.69) is 100 Å². The van der Waals surface area contributed by atoms with Gasteiger partial charge in [-0.1, -0.05) is 65.3 Å². The molecule has 1 aromatic rings. The highest BCUT2D eigenvalue weighted by Crippen LogP contribution is 2.22. The summed E-state index contributed by atoms with van der Waals surface area (Å²) in [5.41, 5.74) is 8.08. The van der Waals surface area contributed by atoms with Crippen LogP contribution in [0.5, 0.6) is 0 Å². The molecular formula is C28H43NO. The predicted molar refractivity (Wildman–Crippen MR) is 136 cm³/mol. The summed E-state index contributed by atoms with van der Waals surface area (Å²) in [7, 11) is 1.68. The fourth-order valence-electron chi connectivity index (χ4n) is 3.21. The summed E-state index contributed by atoms with van der Waals surface area (Å²) in [5.74, 6) is 0.574. The normalized spacial score (nSPS) is 15.5. The number of rotatable bonds is 6. The second-order valence-corrected chi connectivity index (χ2v) is 7.78. The third-order valence-electron chi connectivity index (χ3n) is 4.76. The van der Waals surface area contributed by atoms with E-state index in [4.69, 9.17) is 0 Å². The van der Waals surface area contributed by atoms with Crippen LogP contribution in [0.1, 0.15) is 60.5 Å². The first kappa shape index (κ1) is 27.8. The van der Waals surface area contributed by atoms with Crippen molar-refractivity contribution in [2.45, 2.75) is 61.3 Å². The lowest BCUT2D eigenvalue weighted by Gasteiger charge is -2.14. The van der Waals surface area contributed by atoms with Crippen molar-refractivity contribution in [3.63, 3.8) is 0 Å². The van der Waals surface area contributed by atoms with Crippen LogP contribution in [0.4, 0.5) is 0 Å². The molecule has 1 atom stereocenters. The Bertz CT molecular complexity index is 729. The molecule has 30 heavy (non-hydrogen) atoms. The van der Waals surface area contributed by atoms with Gasteiger partial charge in [0.05, 0.1) is 0 Å². The number of hydrogen-bond donors (Lipinski definition) is 0. The molecule has 0 aliphatic heterocycles. The van der Waals surface area contributed by atoms with Crippen LogP contribution in [0.2, 0.25) is 0 Å². The van der Waals surface area contributed by atoms with Gasteiger partial charge < -0.3 is 4.74 Å². The monoisotopic (exact) mass is 409 g/mol. The molecule has 2 heteroatoms. The number of methoxy groups -OCH3 is 1. The Balaban J connectivity index is 0.000000510. The van der Waals surface area contributed by atoms with Crippen LogP contribution >= 0.6 is 0 Å². The van der Waals surface area contributed by atoms with Crippen LogP contribution in [-0.4, -0.2) is 26.0 Å². The number of hydrogen-bond acceptors (Lipinski definition) is 2. The molecule has 1 unspecified atom stereocenters. The average Bonchev–Trinajstić information content (AvgIpc) is 2.72. The smallest absolute Gasteiger partial charge is 0.0433 e. The second kappa shape index (κ2) is 16.6. The van der Waals surface area contributed by atoms with Gasteiger partial charge in [-0.25, -0.2) is 0 Å². The lowest BCUT2D eigenvalue weighted by molar-refractivity contribution is 0.215. The highest BCUT2D eigenvalue weighted by Gasteiger charge is 2.06. The highest BCUT2D eigenvalue weighted by atomic mass is 16.5. The topological polar surface area (TPSA) is 21.6 Å². The summed E-state index contributed by atoms with van der Waals surface area (Å²) in [6.45, 7) is 20.2. The van der Waals surface area contributed by atoms with E-state index < -0.39 is 0 Å². The van der Waals surface area contributed by atoms with Crippen LogP contribution in [-0.2, 0) is 11.2 Å². The summed E-state index contributed by atoms with van der Waals surface area (Å²) >= 11 is 0. The van der Waals surface area contributed by atoms with Crippen molar-refractivity contribution < 1.29 is 4.74 Å². The average molecular weight is 410 g/mol. The predicted octanol–water partition coefficient (Wildman–Crippen LogP) is 7.78. The Kier molecular flexibility index (Phi) is 15.4. The van der Waals surface area contributed by atoms with Crippen LogP contribution in [0.3, 0.4) is 0 Å². The van der Waals surface area contributed by atoms with Crippen LogP contribution in [0.25, 0.3) is 0 Å². The molecule has 0 fully saturated rings. The molecule has 0 spiro atoms. The van der Waals surface area contributed by atoms with E-state index in [-0.39, 0.29) is 0 Å². The molecule has 1 aliphatic carbocycles. The van der Waals surface area contributed by atoms with Gasteiger partial charge in [-0.15, -0.1) is 6.58 Å². The molecule has 1 aliphatic rings. The molecule has 2 nitrogen and oxygen atoms in total. The van der Waals surface area contributed by atoms with E-state index >= 15 is 0 Å². The van der Waals surface area contributed by atoms with Crippen molar-refractivity contribution in [3.05, 3.63) is 83.0 Å². The van der Waals surface area contributed by atoms with E-state index in [1.807, 2.05) is 13.0 Å². The number of ether oxygens (including phenoxy) is 1. The van der Waals surface area contributed by atoms with Gasteiger partial charge in [0.25, 0.3) is 0 Å². The van der Waals surface area contributed by atoms with Crippen molar-refractivity contribution in [2.24, 2.45) is 10.9 Å². The Hall–Kier alpha value is -2.19. The van der Waals surface area contributed by atoms with Gasteiger partial charge in [0.15, 0.2) is 0 Å². The van der Waals surface area contributed by atoms with Crippen molar-refractivity contribution in [1.82, 2.24) is 0 Å². The maximum Gasteiger partial charge on any atom is 0.0433 e. The van der Waals surface area contributed by atoms with E-state index in [1.165, 1.54) is 33.6 Å². The minimum absolute atomic E-state index is 0.574. The zero-order chi connectivity index (χ0) is 22.9. The first-order chi connectivity index (χ1) is 14.3. The fourth-order valence-corrected chi connectivity index (χ4v) is 3.21. The lowest BCUT2D eigenvalue weighted by atomic mass is 9.92. The number of benzene rings is 1. The maximum atomic E-state index is 4.54. The molecule has 0 heterocycles. The molecule has 166 valence electrons. The van der Waals surface area contributed by atoms with Gasteiger partial charge in [0, 0.05) is 26.0 Å². The zero-order valence-electron chi connectivity index (χ0n) is 20.6. The molecule has 1 aromatic carbocycles.